The summed E-state index contributed by atoms with van der Waals surface area (Å²) >= 11 is 0. The Morgan fingerprint density at radius 2 is 1.85 bits per heavy atom. The molecule has 0 aliphatic heterocycles. The number of hydrogen-bond acceptors (Lipinski definition) is 2. The number of rotatable bonds is 7. The highest BCUT2D eigenvalue weighted by Crippen LogP contribution is 2.06. The van der Waals surface area contributed by atoms with E-state index in [-0.39, 0.29) is 0 Å². The Morgan fingerprint density at radius 3 is 2.38 bits per heavy atom. The van der Waals surface area contributed by atoms with Crippen LogP contribution in [0.3, 0.4) is 0 Å². The Labute approximate surface area is 80.7 Å². The van der Waals surface area contributed by atoms with Crippen molar-refractivity contribution < 1.29 is 9.90 Å². The second kappa shape index (κ2) is 7.84. The Morgan fingerprint density at radius 1 is 1.23 bits per heavy atom. The summed E-state index contributed by atoms with van der Waals surface area (Å²) in [6.07, 6.45) is 8.69. The van der Waals surface area contributed by atoms with Crippen LogP contribution in [0.5, 0.6) is 0 Å². The highest BCUT2D eigenvalue weighted by Gasteiger charge is 1.90. The minimum Gasteiger partial charge on any atom is -0.545 e. The van der Waals surface area contributed by atoms with Gasteiger partial charge in [0.1, 0.15) is 0 Å². The topological polar surface area (TPSA) is 40.1 Å². The van der Waals surface area contributed by atoms with Crippen molar-refractivity contribution in [3.05, 3.63) is 11.6 Å². The molecule has 0 rings (SSSR count). The van der Waals surface area contributed by atoms with Gasteiger partial charge in [-0.15, -0.1) is 0 Å². The zero-order valence-corrected chi connectivity index (χ0v) is 8.64. The molecule has 13 heavy (non-hydrogen) atoms. The van der Waals surface area contributed by atoms with Crippen LogP contribution in [0.15, 0.2) is 11.6 Å². The molecule has 76 valence electrons. The average Bonchev–Trinajstić information content (AvgIpc) is 2.10. The van der Waals surface area contributed by atoms with Crippen LogP contribution in [0, 0.1) is 0 Å². The monoisotopic (exact) mass is 183 g/mol. The molecule has 0 aromatic heterocycles. The summed E-state index contributed by atoms with van der Waals surface area (Å²) in [5, 5.41) is 10.3. The zero-order valence-electron chi connectivity index (χ0n) is 8.64. The van der Waals surface area contributed by atoms with Crippen molar-refractivity contribution >= 4 is 5.97 Å². The van der Waals surface area contributed by atoms with Crippen molar-refractivity contribution in [1.82, 2.24) is 0 Å². The van der Waals surface area contributed by atoms with Crippen molar-refractivity contribution in [1.29, 1.82) is 0 Å². The van der Waals surface area contributed by atoms with Gasteiger partial charge in [0.15, 0.2) is 0 Å². The number of carbonyl (C=O) groups is 1. The van der Waals surface area contributed by atoms with Crippen LogP contribution < -0.4 is 5.11 Å². The zero-order chi connectivity index (χ0) is 10.1. The lowest BCUT2D eigenvalue weighted by Crippen LogP contribution is -2.22. The molecule has 0 saturated carbocycles. The van der Waals surface area contributed by atoms with E-state index in [4.69, 9.17) is 0 Å². The van der Waals surface area contributed by atoms with Gasteiger partial charge >= 0.3 is 0 Å². The minimum atomic E-state index is -1.05. The molecule has 0 aliphatic rings. The smallest absolute Gasteiger partial charge is 0.0668 e. The van der Waals surface area contributed by atoms with Crippen LogP contribution in [0.2, 0.25) is 0 Å². The van der Waals surface area contributed by atoms with Gasteiger partial charge in [0, 0.05) is 0 Å². The first-order valence-electron chi connectivity index (χ1n) is 5.06. The van der Waals surface area contributed by atoms with E-state index in [0.717, 1.165) is 12.8 Å². The van der Waals surface area contributed by atoms with Gasteiger partial charge in [0.25, 0.3) is 0 Å². The second-order valence-electron chi connectivity index (χ2n) is 3.38. The average molecular weight is 183 g/mol. The molecular weight excluding hydrogens is 164 g/mol. The first-order valence-corrected chi connectivity index (χ1v) is 5.06. The second-order valence-corrected chi connectivity index (χ2v) is 3.38. The molecule has 0 amide bonds. The van der Waals surface area contributed by atoms with Gasteiger partial charge in [0.2, 0.25) is 0 Å². The Hall–Kier alpha value is -0.790. The molecule has 0 aromatic rings. The lowest BCUT2D eigenvalue weighted by molar-refractivity contribution is -0.299. The van der Waals surface area contributed by atoms with Crippen LogP contribution in [-0.2, 0) is 4.79 Å². The van der Waals surface area contributed by atoms with E-state index in [2.05, 4.69) is 6.92 Å². The summed E-state index contributed by atoms with van der Waals surface area (Å²) in [5.41, 5.74) is 0.357. The van der Waals surface area contributed by atoms with E-state index in [1.165, 1.54) is 25.7 Å². The third-order valence-electron chi connectivity index (χ3n) is 2.08. The normalized spacial score (nSPS) is 11.7. The molecule has 0 unspecified atom stereocenters. The van der Waals surface area contributed by atoms with Gasteiger partial charge in [0.05, 0.1) is 5.97 Å². The third-order valence-corrected chi connectivity index (χ3v) is 2.08. The maximum Gasteiger partial charge on any atom is 0.0668 e. The lowest BCUT2D eigenvalue weighted by Gasteiger charge is -2.01. The summed E-state index contributed by atoms with van der Waals surface area (Å²) in [4.78, 5) is 10.3. The van der Waals surface area contributed by atoms with E-state index in [9.17, 15) is 9.90 Å². The molecule has 2 heteroatoms. The molecule has 0 aromatic carbocycles. The molecule has 0 radical (unpaired) electrons. The number of aliphatic carboxylic acids is 1. The molecular formula is C11H19O2-. The van der Waals surface area contributed by atoms with Crippen molar-refractivity contribution in [3.63, 3.8) is 0 Å². The summed E-state index contributed by atoms with van der Waals surface area (Å²) in [5.74, 6) is -1.05. The number of carbonyl (C=O) groups excluding carboxylic acids is 1. The minimum absolute atomic E-state index is 0.357. The van der Waals surface area contributed by atoms with Gasteiger partial charge in [-0.2, -0.15) is 0 Å². The van der Waals surface area contributed by atoms with Gasteiger partial charge in [-0.05, 0) is 25.3 Å². The van der Waals surface area contributed by atoms with Crippen LogP contribution in [-0.4, -0.2) is 5.97 Å². The van der Waals surface area contributed by atoms with Crippen molar-refractivity contribution in [2.24, 2.45) is 0 Å². The first kappa shape index (κ1) is 12.2. The van der Waals surface area contributed by atoms with Crippen LogP contribution in [0.1, 0.15) is 52.4 Å². The fourth-order valence-electron chi connectivity index (χ4n) is 1.15. The fourth-order valence-corrected chi connectivity index (χ4v) is 1.15. The van der Waals surface area contributed by atoms with Gasteiger partial charge < -0.3 is 9.90 Å². The van der Waals surface area contributed by atoms with Crippen LogP contribution >= 0.6 is 0 Å². The van der Waals surface area contributed by atoms with Crippen LogP contribution in [0.4, 0.5) is 0 Å². The van der Waals surface area contributed by atoms with E-state index in [1.54, 1.807) is 13.0 Å². The SMILES string of the molecule is CCCCCCC/C=C(\C)C(=O)[O-]. The Bertz CT molecular complexity index is 171. The quantitative estimate of drug-likeness (QED) is 0.447. The van der Waals surface area contributed by atoms with Crippen molar-refractivity contribution in [3.8, 4) is 0 Å². The molecule has 0 spiro atoms. The fraction of sp³-hybridized carbons (Fsp3) is 0.727. The van der Waals surface area contributed by atoms with Gasteiger partial charge in [-0.25, -0.2) is 0 Å². The molecule has 0 bridgehead atoms. The molecule has 0 N–H and O–H groups in total. The van der Waals surface area contributed by atoms with Crippen molar-refractivity contribution in [2.45, 2.75) is 52.4 Å². The standard InChI is InChI=1S/C11H20O2/c1-3-4-5-6-7-8-9-10(2)11(12)13/h9H,3-8H2,1-2H3,(H,12,13)/p-1/b10-9+. The first-order chi connectivity index (χ1) is 6.18. The lowest BCUT2D eigenvalue weighted by atomic mass is 10.1. The summed E-state index contributed by atoms with van der Waals surface area (Å²) in [6, 6.07) is 0. The third kappa shape index (κ3) is 7.57. The largest absolute Gasteiger partial charge is 0.545 e. The summed E-state index contributed by atoms with van der Waals surface area (Å²) in [7, 11) is 0. The van der Waals surface area contributed by atoms with E-state index < -0.39 is 5.97 Å². The molecule has 2 nitrogen and oxygen atoms in total. The molecule has 0 saturated heterocycles. The number of carboxylic acids is 1. The Kier molecular flexibility index (Phi) is 7.36. The predicted molar refractivity (Wildman–Crippen MR) is 52.1 cm³/mol. The number of carboxylic acid groups (broad SMARTS) is 1. The predicted octanol–water partition coefficient (Wildman–Crippen LogP) is 2.04. The van der Waals surface area contributed by atoms with Crippen molar-refractivity contribution in [2.75, 3.05) is 0 Å². The molecule has 0 aliphatic carbocycles. The van der Waals surface area contributed by atoms with E-state index in [0.29, 0.717) is 5.57 Å². The molecule has 0 atom stereocenters. The maximum atomic E-state index is 10.3. The van der Waals surface area contributed by atoms with Crippen LogP contribution in [0.25, 0.3) is 0 Å². The van der Waals surface area contributed by atoms with E-state index in [1.807, 2.05) is 0 Å². The number of allylic oxidation sites excluding steroid dienone is 1. The Balaban J connectivity index is 3.34. The van der Waals surface area contributed by atoms with Gasteiger partial charge in [-0.1, -0.05) is 38.7 Å². The summed E-state index contributed by atoms with van der Waals surface area (Å²) < 4.78 is 0. The molecule has 0 fully saturated rings. The highest BCUT2D eigenvalue weighted by atomic mass is 16.4. The maximum absolute atomic E-state index is 10.3. The van der Waals surface area contributed by atoms with E-state index >= 15 is 0 Å². The highest BCUT2D eigenvalue weighted by molar-refractivity contribution is 5.83. The summed E-state index contributed by atoms with van der Waals surface area (Å²) in [6.45, 7) is 3.77. The number of hydrogen-bond donors (Lipinski definition) is 0. The number of unbranched alkanes of at least 4 members (excludes halogenated alkanes) is 5. The van der Waals surface area contributed by atoms with Gasteiger partial charge in [-0.3, -0.25) is 0 Å². The molecule has 0 heterocycles.